The van der Waals surface area contributed by atoms with Crippen LogP contribution in [0.15, 0.2) is 0 Å². The van der Waals surface area contributed by atoms with Gasteiger partial charge in [0.15, 0.2) is 0 Å². The summed E-state index contributed by atoms with van der Waals surface area (Å²) in [5.41, 5.74) is 0. The Labute approximate surface area is 75.9 Å². The Balaban J connectivity index is 2.16. The average molecular weight is 178 g/mol. The lowest BCUT2D eigenvalue weighted by Gasteiger charge is -2.24. The molecule has 1 saturated carbocycles. The molecule has 2 amide bonds. The molecule has 3 atom stereocenters. The number of carbonyl (C=O) groups is 2. The summed E-state index contributed by atoms with van der Waals surface area (Å²) in [5, 5.41) is 11.0. The van der Waals surface area contributed by atoms with Gasteiger partial charge in [0.1, 0.15) is 0 Å². The van der Waals surface area contributed by atoms with Gasteiger partial charge >= 0.3 is 0 Å². The smallest absolute Gasteiger partial charge is 0.230 e. The van der Waals surface area contributed by atoms with Gasteiger partial charge in [0.25, 0.3) is 0 Å². The van der Waals surface area contributed by atoms with Crippen LogP contribution in [0, 0.1) is 29.1 Å². The predicted octanol–water partition coefficient (Wildman–Crippen LogP) is 0.199. The molecule has 2 fully saturated rings. The first kappa shape index (κ1) is 8.24. The van der Waals surface area contributed by atoms with E-state index in [1.54, 1.807) is 0 Å². The molecule has 2 unspecified atom stereocenters. The highest BCUT2D eigenvalue weighted by molar-refractivity contribution is 6.05. The molecule has 0 bridgehead atoms. The standard InChI is InChI=1S/C9H10N2O2/c10-4-5-1-2-6-7(3-5)9(13)11-8(6)12/h5-7H,1-3H2,(H,11,12,13)/t5?,6?,7-/m1/s1. The van der Waals surface area contributed by atoms with Crippen LogP contribution in [0.2, 0.25) is 0 Å². The lowest BCUT2D eigenvalue weighted by molar-refractivity contribution is -0.126. The van der Waals surface area contributed by atoms with Crippen LogP contribution >= 0.6 is 0 Å². The number of nitrogens with zero attached hydrogens (tertiary/aromatic N) is 1. The summed E-state index contributed by atoms with van der Waals surface area (Å²) in [6, 6.07) is 2.16. The van der Waals surface area contributed by atoms with Crippen LogP contribution in [-0.4, -0.2) is 11.8 Å². The third kappa shape index (κ3) is 1.21. The Hall–Kier alpha value is -1.37. The van der Waals surface area contributed by atoms with Gasteiger partial charge in [-0.05, 0) is 19.3 Å². The van der Waals surface area contributed by atoms with Crippen LogP contribution in [0.4, 0.5) is 0 Å². The van der Waals surface area contributed by atoms with E-state index >= 15 is 0 Å². The molecule has 1 heterocycles. The number of rotatable bonds is 0. The molecule has 13 heavy (non-hydrogen) atoms. The molecule has 2 aliphatic rings. The zero-order valence-electron chi connectivity index (χ0n) is 7.12. The Morgan fingerprint density at radius 3 is 2.62 bits per heavy atom. The van der Waals surface area contributed by atoms with E-state index in [9.17, 15) is 9.59 Å². The van der Waals surface area contributed by atoms with Gasteiger partial charge < -0.3 is 0 Å². The van der Waals surface area contributed by atoms with Crippen molar-refractivity contribution in [2.45, 2.75) is 19.3 Å². The monoisotopic (exact) mass is 178 g/mol. The van der Waals surface area contributed by atoms with Gasteiger partial charge in [-0.3, -0.25) is 14.9 Å². The molecule has 0 radical (unpaired) electrons. The van der Waals surface area contributed by atoms with Gasteiger partial charge in [0.05, 0.1) is 17.9 Å². The van der Waals surface area contributed by atoms with Crippen molar-refractivity contribution in [3.63, 3.8) is 0 Å². The van der Waals surface area contributed by atoms with Crippen LogP contribution in [0.1, 0.15) is 19.3 Å². The quantitative estimate of drug-likeness (QED) is 0.538. The van der Waals surface area contributed by atoms with Gasteiger partial charge in [-0.2, -0.15) is 5.26 Å². The molecule has 4 heteroatoms. The molecule has 68 valence electrons. The number of nitriles is 1. The topological polar surface area (TPSA) is 70.0 Å². The Morgan fingerprint density at radius 2 is 1.92 bits per heavy atom. The summed E-state index contributed by atoms with van der Waals surface area (Å²) in [7, 11) is 0. The fourth-order valence-electron chi connectivity index (χ4n) is 2.20. The maximum atomic E-state index is 11.2. The molecule has 0 aromatic heterocycles. The van der Waals surface area contributed by atoms with E-state index in [-0.39, 0.29) is 29.6 Å². The lowest BCUT2D eigenvalue weighted by Crippen LogP contribution is -2.26. The van der Waals surface area contributed by atoms with E-state index in [1.165, 1.54) is 0 Å². The van der Waals surface area contributed by atoms with Crippen LogP contribution in [-0.2, 0) is 9.59 Å². The highest BCUT2D eigenvalue weighted by Gasteiger charge is 2.45. The van der Waals surface area contributed by atoms with Crippen LogP contribution in [0.3, 0.4) is 0 Å². The summed E-state index contributed by atoms with van der Waals surface area (Å²) < 4.78 is 0. The van der Waals surface area contributed by atoms with Crippen LogP contribution in [0.5, 0.6) is 0 Å². The van der Waals surface area contributed by atoms with Gasteiger partial charge in [0, 0.05) is 5.92 Å². The normalized spacial score (nSPS) is 37.9. The highest BCUT2D eigenvalue weighted by Crippen LogP contribution is 2.36. The number of imide groups is 1. The summed E-state index contributed by atoms with van der Waals surface area (Å²) in [6.45, 7) is 0. The third-order valence-electron chi connectivity index (χ3n) is 2.95. The second-order valence-corrected chi connectivity index (χ2v) is 3.71. The minimum Gasteiger partial charge on any atom is -0.296 e. The van der Waals surface area contributed by atoms with Gasteiger partial charge in [-0.15, -0.1) is 0 Å². The Bertz CT molecular complexity index is 305. The molecule has 0 aromatic rings. The Morgan fingerprint density at radius 1 is 1.23 bits per heavy atom. The molecule has 1 aliphatic carbocycles. The average Bonchev–Trinajstić information content (AvgIpc) is 2.42. The van der Waals surface area contributed by atoms with Crippen molar-refractivity contribution in [3.05, 3.63) is 0 Å². The van der Waals surface area contributed by atoms with E-state index in [0.29, 0.717) is 12.8 Å². The summed E-state index contributed by atoms with van der Waals surface area (Å²) in [4.78, 5) is 22.4. The zero-order chi connectivity index (χ0) is 9.42. The maximum Gasteiger partial charge on any atom is 0.230 e. The van der Waals surface area contributed by atoms with Crippen molar-refractivity contribution < 1.29 is 9.59 Å². The van der Waals surface area contributed by atoms with Crippen molar-refractivity contribution in [2.75, 3.05) is 0 Å². The molecule has 0 spiro atoms. The molecule has 2 rings (SSSR count). The number of amides is 2. The minimum absolute atomic E-state index is 0.0436. The zero-order valence-corrected chi connectivity index (χ0v) is 7.12. The van der Waals surface area contributed by atoms with Crippen LogP contribution in [0.25, 0.3) is 0 Å². The maximum absolute atomic E-state index is 11.2. The number of carbonyl (C=O) groups excluding carboxylic acids is 2. The van der Waals surface area contributed by atoms with E-state index in [0.717, 1.165) is 6.42 Å². The molecule has 0 aromatic carbocycles. The predicted molar refractivity (Wildman–Crippen MR) is 43.1 cm³/mol. The molecule has 1 saturated heterocycles. The lowest BCUT2D eigenvalue weighted by atomic mass is 9.76. The molecule has 1 N–H and O–H groups in total. The Kier molecular flexibility index (Phi) is 1.80. The van der Waals surface area contributed by atoms with Crippen molar-refractivity contribution in [1.29, 1.82) is 5.26 Å². The second-order valence-electron chi connectivity index (χ2n) is 3.71. The SMILES string of the molecule is N#CC1CCC2C(=O)NC(=O)[C@@H]2C1. The van der Waals surface area contributed by atoms with E-state index in [1.807, 2.05) is 0 Å². The fourth-order valence-corrected chi connectivity index (χ4v) is 2.20. The van der Waals surface area contributed by atoms with Crippen molar-refractivity contribution >= 4 is 11.8 Å². The number of nitrogens with one attached hydrogen (secondary N) is 1. The van der Waals surface area contributed by atoms with E-state index in [2.05, 4.69) is 11.4 Å². The van der Waals surface area contributed by atoms with Crippen molar-refractivity contribution in [3.8, 4) is 6.07 Å². The summed E-state index contributed by atoms with van der Waals surface area (Å²) >= 11 is 0. The van der Waals surface area contributed by atoms with Crippen molar-refractivity contribution in [1.82, 2.24) is 5.32 Å². The fraction of sp³-hybridized carbons (Fsp3) is 0.667. The van der Waals surface area contributed by atoms with Gasteiger partial charge in [-0.1, -0.05) is 0 Å². The number of hydrogen-bond acceptors (Lipinski definition) is 3. The van der Waals surface area contributed by atoms with E-state index < -0.39 is 0 Å². The minimum atomic E-state index is -0.231. The van der Waals surface area contributed by atoms with Gasteiger partial charge in [0.2, 0.25) is 11.8 Å². The first-order valence-electron chi connectivity index (χ1n) is 4.46. The second kappa shape index (κ2) is 2.84. The molecular weight excluding hydrogens is 168 g/mol. The van der Waals surface area contributed by atoms with Crippen LogP contribution < -0.4 is 5.32 Å². The first-order chi connectivity index (χ1) is 6.22. The summed E-state index contributed by atoms with van der Waals surface area (Å²) in [6.07, 6.45) is 1.98. The third-order valence-corrected chi connectivity index (χ3v) is 2.95. The van der Waals surface area contributed by atoms with Crippen molar-refractivity contribution in [2.24, 2.45) is 17.8 Å². The molecular formula is C9H10N2O2. The number of hydrogen-bond donors (Lipinski definition) is 1. The molecule has 1 aliphatic heterocycles. The van der Waals surface area contributed by atoms with E-state index in [4.69, 9.17) is 5.26 Å². The highest BCUT2D eigenvalue weighted by atomic mass is 16.2. The molecule has 4 nitrogen and oxygen atoms in total. The van der Waals surface area contributed by atoms with Gasteiger partial charge in [-0.25, -0.2) is 0 Å². The first-order valence-corrected chi connectivity index (χ1v) is 4.46. The number of fused-ring (bicyclic) bond motifs is 1. The summed E-state index contributed by atoms with van der Waals surface area (Å²) in [5.74, 6) is -0.762. The largest absolute Gasteiger partial charge is 0.296 e.